The molecule has 0 aliphatic rings. The van der Waals surface area contributed by atoms with E-state index in [9.17, 15) is 13.6 Å². The quantitative estimate of drug-likeness (QED) is 0.744. The zero-order valence-electron chi connectivity index (χ0n) is 11.5. The van der Waals surface area contributed by atoms with Crippen LogP contribution in [0.4, 0.5) is 8.78 Å². The number of hydrogen-bond acceptors (Lipinski definition) is 2. The summed E-state index contributed by atoms with van der Waals surface area (Å²) in [5, 5.41) is 6.74. The number of halogens is 2. The zero-order valence-corrected chi connectivity index (χ0v) is 11.5. The Hall–Kier alpha value is -2.56. The van der Waals surface area contributed by atoms with Crippen molar-refractivity contribution in [1.82, 2.24) is 10.2 Å². The number of nitrogens with zero attached hydrogens (tertiary/aromatic N) is 1. The average molecular weight is 286 g/mol. The van der Waals surface area contributed by atoms with Gasteiger partial charge < -0.3 is 0 Å². The molecule has 3 rings (SSSR count). The molecular formula is C16H12F2N2O. The maximum Gasteiger partial charge on any atom is 0.272 e. The molecule has 0 saturated heterocycles. The van der Waals surface area contributed by atoms with E-state index in [0.29, 0.717) is 11.1 Å². The summed E-state index contributed by atoms with van der Waals surface area (Å²) in [6.07, 6.45) is 0. The number of H-pyrrole nitrogens is 1. The van der Waals surface area contributed by atoms with Gasteiger partial charge >= 0.3 is 0 Å². The van der Waals surface area contributed by atoms with Gasteiger partial charge in [-0.2, -0.15) is 5.10 Å². The summed E-state index contributed by atoms with van der Waals surface area (Å²) in [4.78, 5) is 11.8. The van der Waals surface area contributed by atoms with Gasteiger partial charge in [-0.05, 0) is 37.6 Å². The van der Waals surface area contributed by atoms with E-state index in [2.05, 4.69) is 10.2 Å². The number of aryl methyl sites for hydroxylation is 2. The highest BCUT2D eigenvalue weighted by Gasteiger charge is 2.14. The molecule has 21 heavy (non-hydrogen) atoms. The summed E-state index contributed by atoms with van der Waals surface area (Å²) in [5.74, 6) is -2.05. The van der Waals surface area contributed by atoms with Gasteiger partial charge in [0.2, 0.25) is 0 Å². The molecule has 3 nitrogen and oxygen atoms in total. The second-order valence-electron chi connectivity index (χ2n) is 5.03. The van der Waals surface area contributed by atoms with Crippen LogP contribution in [0.3, 0.4) is 0 Å². The molecule has 0 amide bonds. The predicted octanol–water partition coefficient (Wildman–Crippen LogP) is 3.49. The van der Waals surface area contributed by atoms with Crippen LogP contribution in [0.25, 0.3) is 22.0 Å². The van der Waals surface area contributed by atoms with Crippen molar-refractivity contribution in [1.29, 1.82) is 0 Å². The van der Waals surface area contributed by atoms with Crippen LogP contribution in [-0.2, 0) is 0 Å². The molecule has 1 heterocycles. The lowest BCUT2D eigenvalue weighted by Crippen LogP contribution is -2.10. The van der Waals surface area contributed by atoms with Gasteiger partial charge in [0.1, 0.15) is 0 Å². The standard InChI is InChI=1S/C16H12F2N2O/c1-8-3-4-9(2)10(5-8)15-11-6-13(17)14(18)7-12(11)16(21)20-19-15/h3-7H,1-2H3,(H,20,21). The van der Waals surface area contributed by atoms with Crippen molar-refractivity contribution in [2.24, 2.45) is 0 Å². The number of nitrogens with one attached hydrogen (secondary N) is 1. The van der Waals surface area contributed by atoms with Crippen molar-refractivity contribution in [3.8, 4) is 11.3 Å². The normalized spacial score (nSPS) is 11.0. The van der Waals surface area contributed by atoms with Crippen molar-refractivity contribution in [3.05, 3.63) is 63.4 Å². The molecule has 5 heteroatoms. The Morgan fingerprint density at radius 3 is 2.38 bits per heavy atom. The Balaban J connectivity index is 2.43. The minimum Gasteiger partial charge on any atom is -0.267 e. The van der Waals surface area contributed by atoms with Gasteiger partial charge in [0.15, 0.2) is 11.6 Å². The molecule has 2 aromatic carbocycles. The van der Waals surface area contributed by atoms with Gasteiger partial charge in [0.25, 0.3) is 5.56 Å². The third-order valence-corrected chi connectivity index (χ3v) is 3.48. The highest BCUT2D eigenvalue weighted by Crippen LogP contribution is 2.29. The van der Waals surface area contributed by atoms with Crippen LogP contribution in [-0.4, -0.2) is 10.2 Å². The van der Waals surface area contributed by atoms with Gasteiger partial charge in [-0.1, -0.05) is 17.7 Å². The van der Waals surface area contributed by atoms with Crippen molar-refractivity contribution >= 4 is 10.8 Å². The van der Waals surface area contributed by atoms with Crippen LogP contribution in [0.15, 0.2) is 35.1 Å². The summed E-state index contributed by atoms with van der Waals surface area (Å²) in [6, 6.07) is 7.69. The first-order valence-electron chi connectivity index (χ1n) is 6.42. The fourth-order valence-electron chi connectivity index (χ4n) is 2.35. The van der Waals surface area contributed by atoms with Gasteiger partial charge in [0, 0.05) is 10.9 Å². The monoisotopic (exact) mass is 286 g/mol. The summed E-state index contributed by atoms with van der Waals surface area (Å²) in [7, 11) is 0. The fraction of sp³-hybridized carbons (Fsp3) is 0.125. The van der Waals surface area contributed by atoms with Crippen LogP contribution in [0.5, 0.6) is 0 Å². The van der Waals surface area contributed by atoms with Crippen LogP contribution >= 0.6 is 0 Å². The molecule has 1 aromatic heterocycles. The van der Waals surface area contributed by atoms with Crippen molar-refractivity contribution in [2.75, 3.05) is 0 Å². The molecule has 0 atom stereocenters. The minimum absolute atomic E-state index is 0.0832. The summed E-state index contributed by atoms with van der Waals surface area (Å²) in [6.45, 7) is 3.82. The molecule has 1 N–H and O–H groups in total. The number of hydrogen-bond donors (Lipinski definition) is 1. The van der Waals surface area contributed by atoms with Crippen LogP contribution in [0.2, 0.25) is 0 Å². The fourth-order valence-corrected chi connectivity index (χ4v) is 2.35. The molecule has 0 spiro atoms. The van der Waals surface area contributed by atoms with Gasteiger partial charge in [-0.15, -0.1) is 0 Å². The van der Waals surface area contributed by atoms with Crippen molar-refractivity contribution in [3.63, 3.8) is 0 Å². The molecule has 0 fully saturated rings. The van der Waals surface area contributed by atoms with E-state index in [4.69, 9.17) is 0 Å². The number of aromatic nitrogens is 2. The summed E-state index contributed by atoms with van der Waals surface area (Å²) < 4.78 is 26.9. The number of fused-ring (bicyclic) bond motifs is 1. The molecule has 0 unspecified atom stereocenters. The highest BCUT2D eigenvalue weighted by molar-refractivity contribution is 5.94. The van der Waals surface area contributed by atoms with E-state index >= 15 is 0 Å². The average Bonchev–Trinajstić information content (AvgIpc) is 2.45. The molecule has 0 radical (unpaired) electrons. The van der Waals surface area contributed by atoms with E-state index in [-0.39, 0.29) is 5.39 Å². The van der Waals surface area contributed by atoms with E-state index in [1.165, 1.54) is 0 Å². The van der Waals surface area contributed by atoms with Gasteiger partial charge in [0.05, 0.1) is 11.1 Å². The largest absolute Gasteiger partial charge is 0.272 e. The molecule has 106 valence electrons. The van der Waals surface area contributed by atoms with Crippen LogP contribution in [0.1, 0.15) is 11.1 Å². The molecular weight excluding hydrogens is 274 g/mol. The van der Waals surface area contributed by atoms with E-state index < -0.39 is 17.2 Å². The first kappa shape index (κ1) is 13.4. The lowest BCUT2D eigenvalue weighted by atomic mass is 9.99. The van der Waals surface area contributed by atoms with E-state index in [0.717, 1.165) is 28.8 Å². The Morgan fingerprint density at radius 2 is 1.67 bits per heavy atom. The predicted molar refractivity (Wildman–Crippen MR) is 77.2 cm³/mol. The van der Waals surface area contributed by atoms with E-state index in [1.54, 1.807) is 0 Å². The number of aromatic amines is 1. The van der Waals surface area contributed by atoms with Gasteiger partial charge in [-0.3, -0.25) is 4.79 Å². The summed E-state index contributed by atoms with van der Waals surface area (Å²) >= 11 is 0. The Bertz CT molecular complexity index is 916. The molecule has 3 aromatic rings. The second-order valence-corrected chi connectivity index (χ2v) is 5.03. The van der Waals surface area contributed by atoms with Crippen LogP contribution < -0.4 is 5.56 Å². The second kappa shape index (κ2) is 4.77. The lowest BCUT2D eigenvalue weighted by Gasteiger charge is -2.09. The van der Waals surface area contributed by atoms with Crippen molar-refractivity contribution in [2.45, 2.75) is 13.8 Å². The Kier molecular flexibility index (Phi) is 3.05. The molecule has 0 saturated carbocycles. The number of rotatable bonds is 1. The zero-order chi connectivity index (χ0) is 15.1. The molecule has 0 bridgehead atoms. The molecule has 0 aliphatic heterocycles. The maximum atomic E-state index is 13.5. The van der Waals surface area contributed by atoms with Gasteiger partial charge in [-0.25, -0.2) is 13.9 Å². The third-order valence-electron chi connectivity index (χ3n) is 3.48. The Labute approximate surface area is 119 Å². The lowest BCUT2D eigenvalue weighted by molar-refractivity contribution is 0.511. The number of benzene rings is 2. The third kappa shape index (κ3) is 2.20. The summed E-state index contributed by atoms with van der Waals surface area (Å²) in [5.41, 5.74) is 2.62. The molecule has 0 aliphatic carbocycles. The highest BCUT2D eigenvalue weighted by atomic mass is 19.2. The van der Waals surface area contributed by atoms with E-state index in [1.807, 2.05) is 32.0 Å². The minimum atomic E-state index is -1.05. The first-order valence-corrected chi connectivity index (χ1v) is 6.42. The Morgan fingerprint density at radius 1 is 1.00 bits per heavy atom. The SMILES string of the molecule is Cc1ccc(C)c(-c2n[nH]c(=O)c3cc(F)c(F)cc23)c1. The van der Waals surface area contributed by atoms with Crippen molar-refractivity contribution < 1.29 is 8.78 Å². The first-order chi connectivity index (χ1) is 9.97. The smallest absolute Gasteiger partial charge is 0.267 e. The maximum absolute atomic E-state index is 13.5. The topological polar surface area (TPSA) is 45.8 Å². The van der Waals surface area contributed by atoms with Crippen LogP contribution in [0, 0.1) is 25.5 Å².